The van der Waals surface area contributed by atoms with E-state index in [0.29, 0.717) is 70.8 Å². The van der Waals surface area contributed by atoms with E-state index in [-0.39, 0.29) is 50.5 Å². The van der Waals surface area contributed by atoms with Crippen LogP contribution in [-0.2, 0) is 58.3 Å². The molecule has 0 bridgehead atoms. The third kappa shape index (κ3) is 16.4. The van der Waals surface area contributed by atoms with Crippen molar-refractivity contribution in [3.63, 3.8) is 0 Å². The van der Waals surface area contributed by atoms with Gasteiger partial charge in [0.2, 0.25) is 43.7 Å². The Morgan fingerprint density at radius 3 is 1.39 bits per heavy atom. The topological polar surface area (TPSA) is 328 Å². The summed E-state index contributed by atoms with van der Waals surface area (Å²) in [5.74, 6) is -4.01. The molecule has 0 radical (unpaired) electrons. The van der Waals surface area contributed by atoms with E-state index in [4.69, 9.17) is 15.2 Å². The minimum absolute atomic E-state index is 0. The molecule has 0 aromatic carbocycles. The fourth-order valence-electron chi connectivity index (χ4n) is 10.7. The zero-order chi connectivity index (χ0) is 57.2. The molecule has 25 heteroatoms. The van der Waals surface area contributed by atoms with Gasteiger partial charge in [0.05, 0.1) is 10.5 Å². The SMILES string of the molecule is C.CC(C)(C)OC(=O)N[C@H]1CCCCC/C=C\[C@@H]2C[C@@]2(C(=O)NS(=O)(=O)C2CC2)NC(=O)[C@@H]2C[C@@H](N)CN2C1=O.C[C@@H]1C[C@H]2C(=O)N[C@]3(C(=O)NS(=O)(=O)C4CC4)C[C@H]3/C=C\CCCCC[C@H](NC(=O)OC(C)(C)C)C(=O)N2C1. The van der Waals surface area contributed by atoms with E-state index < -0.39 is 125 Å². The Morgan fingerprint density at radius 1 is 0.608 bits per heavy atom. The number of alkyl carbamates (subject to hydrolysis) is 2. The first-order valence-electron chi connectivity index (χ1n) is 27.9. The van der Waals surface area contributed by atoms with Crippen LogP contribution in [0.5, 0.6) is 0 Å². The molecule has 8 amide bonds. The number of fused-ring (bicyclic) bond motifs is 4. The van der Waals surface area contributed by atoms with Crippen LogP contribution in [0.25, 0.3) is 0 Å². The molecule has 0 aromatic heterocycles. The van der Waals surface area contributed by atoms with E-state index >= 15 is 0 Å². The molecular formula is C54H87N9O14S2. The Bertz CT molecular complexity index is 2430. The monoisotopic (exact) mass is 1150 g/mol. The molecule has 23 nitrogen and oxygen atoms in total. The Morgan fingerprint density at radius 2 is 1.00 bits per heavy atom. The Kier molecular flexibility index (Phi) is 19.8. The molecule has 4 heterocycles. The van der Waals surface area contributed by atoms with E-state index in [1.807, 2.05) is 31.2 Å². The Balaban J connectivity index is 0.000000252. The maximum absolute atomic E-state index is 13.7. The smallest absolute Gasteiger partial charge is 0.408 e. The second kappa shape index (κ2) is 24.8. The molecule has 0 aromatic rings. The lowest BCUT2D eigenvalue weighted by atomic mass is 10.0. The summed E-state index contributed by atoms with van der Waals surface area (Å²) in [6.07, 6.45) is 16.3. The molecule has 0 unspecified atom stereocenters. The number of sulfonamides is 2. The average Bonchev–Trinajstić information content (AvgIpc) is 4.25. The molecule has 0 spiro atoms. The van der Waals surface area contributed by atoms with E-state index in [9.17, 15) is 55.2 Å². The predicted molar refractivity (Wildman–Crippen MR) is 293 cm³/mol. The first kappa shape index (κ1) is 62.9. The minimum atomic E-state index is -3.81. The van der Waals surface area contributed by atoms with Crippen LogP contribution in [0.2, 0.25) is 0 Å². The van der Waals surface area contributed by atoms with Crippen LogP contribution in [0.3, 0.4) is 0 Å². The highest BCUT2D eigenvalue weighted by Gasteiger charge is 2.63. The fourth-order valence-corrected chi connectivity index (χ4v) is 13.5. The third-order valence-corrected chi connectivity index (χ3v) is 19.0. The first-order valence-corrected chi connectivity index (χ1v) is 31.0. The number of ether oxygens (including phenoxy) is 2. The van der Waals surface area contributed by atoms with Crippen LogP contribution in [0, 0.1) is 17.8 Å². The lowest BCUT2D eigenvalue weighted by Crippen LogP contribution is -2.58. The van der Waals surface area contributed by atoms with Crippen LogP contribution in [-0.4, -0.2) is 150 Å². The summed E-state index contributed by atoms with van der Waals surface area (Å²) in [5.41, 5.74) is 1.91. The summed E-state index contributed by atoms with van der Waals surface area (Å²) in [5, 5.41) is 9.87. The van der Waals surface area contributed by atoms with Crippen molar-refractivity contribution in [2.75, 3.05) is 13.1 Å². The lowest BCUT2D eigenvalue weighted by molar-refractivity contribution is -0.141. The van der Waals surface area contributed by atoms with Gasteiger partial charge in [-0.05, 0) is 137 Å². The van der Waals surface area contributed by atoms with Crippen molar-refractivity contribution in [1.29, 1.82) is 0 Å². The van der Waals surface area contributed by atoms with Gasteiger partial charge in [0.1, 0.15) is 46.4 Å². The molecule has 4 aliphatic carbocycles. The van der Waals surface area contributed by atoms with Gasteiger partial charge in [0.25, 0.3) is 11.8 Å². The summed E-state index contributed by atoms with van der Waals surface area (Å²) in [6, 6.07) is -4.03. The molecule has 8 rings (SSSR count). The quantitative estimate of drug-likeness (QED) is 0.171. The number of allylic oxidation sites excluding steroid dienone is 2. The molecule has 2 saturated heterocycles. The van der Waals surface area contributed by atoms with Gasteiger partial charge < -0.3 is 46.3 Å². The van der Waals surface area contributed by atoms with Gasteiger partial charge in [-0.3, -0.25) is 38.2 Å². The Hall–Kier alpha value is -5.30. The van der Waals surface area contributed by atoms with Crippen LogP contribution < -0.4 is 36.4 Å². The highest BCUT2D eigenvalue weighted by atomic mass is 32.2. The number of rotatable bonds is 8. The standard InChI is InChI=1S/C27H42N4O7S.C26H41N5O7S.CH4/c1-17-14-21-22(32)29-27(24(34)30-39(36,37)19-12-13-19)15-18(27)10-8-6-5-7-9-11-20(23(33)31(21)16-17)28-25(35)38-26(2,3)4;1-25(2,3)38-24(35)28-19-10-8-6-4-5-7-9-16-14-26(16,23(34)30-39(36,37)18-11-12-18)29-21(32)20-13-17(27)15-31(20)22(19)33;/h8,10,17-21H,5-7,9,11-16H2,1-4H3,(H,28,35)(H,29,32)(H,30,34);7,9,16-20H,4-6,8,10-15,27H2,1-3H3,(H,28,35)(H,29,32)(H,30,34);1H4/b10-8-;9-7-;/t17-,18-,20+,21+,27-;16-,17-,19+,20+,26-;/m11./s1. The number of nitrogens with zero attached hydrogens (tertiary/aromatic N) is 2. The van der Waals surface area contributed by atoms with Crippen molar-refractivity contribution in [3.05, 3.63) is 24.3 Å². The minimum Gasteiger partial charge on any atom is -0.444 e. The van der Waals surface area contributed by atoms with E-state index in [1.54, 1.807) is 41.5 Å². The zero-order valence-electron chi connectivity index (χ0n) is 46.2. The summed E-state index contributed by atoms with van der Waals surface area (Å²) in [4.78, 5) is 109. The van der Waals surface area contributed by atoms with Gasteiger partial charge in [-0.1, -0.05) is 64.3 Å². The number of amides is 8. The predicted octanol–water partition coefficient (Wildman–Crippen LogP) is 3.57. The van der Waals surface area contributed by atoms with Crippen molar-refractivity contribution in [1.82, 2.24) is 40.5 Å². The van der Waals surface area contributed by atoms with Gasteiger partial charge in [-0.2, -0.15) is 0 Å². The van der Waals surface area contributed by atoms with Crippen LogP contribution in [0.4, 0.5) is 9.59 Å². The second-order valence-corrected chi connectivity index (χ2v) is 28.7. The Labute approximate surface area is 466 Å². The third-order valence-electron chi connectivity index (χ3n) is 15.4. The number of carbonyl (C=O) groups excluding carboxylic acids is 8. The molecule has 8 N–H and O–H groups in total. The number of hydrogen-bond donors (Lipinski definition) is 7. The second-order valence-electron chi connectivity index (χ2n) is 24.8. The largest absolute Gasteiger partial charge is 0.444 e. The molecular weight excluding hydrogens is 1060 g/mol. The number of nitrogens with two attached hydrogens (primary N) is 1. The van der Waals surface area contributed by atoms with Gasteiger partial charge in [-0.15, -0.1) is 0 Å². The van der Waals surface area contributed by atoms with Crippen molar-refractivity contribution in [3.8, 4) is 0 Å². The van der Waals surface area contributed by atoms with Crippen LogP contribution >= 0.6 is 0 Å². The summed E-state index contributed by atoms with van der Waals surface area (Å²) in [7, 11) is -7.60. The first-order chi connectivity index (χ1) is 36.4. The molecule has 444 valence electrons. The molecule has 79 heavy (non-hydrogen) atoms. The molecule has 6 fully saturated rings. The molecule has 4 aliphatic heterocycles. The summed E-state index contributed by atoms with van der Waals surface area (Å²) in [6.45, 7) is 12.8. The van der Waals surface area contributed by atoms with Gasteiger partial charge in [-0.25, -0.2) is 26.4 Å². The maximum atomic E-state index is 13.7. The van der Waals surface area contributed by atoms with E-state index in [0.717, 1.165) is 38.5 Å². The fraction of sp³-hybridized carbons (Fsp3) is 0.778. The molecule has 4 saturated carbocycles. The summed E-state index contributed by atoms with van der Waals surface area (Å²) < 4.78 is 65.1. The molecule has 10 atom stereocenters. The van der Waals surface area contributed by atoms with Crippen LogP contribution in [0.15, 0.2) is 24.3 Å². The number of hydrogen-bond acceptors (Lipinski definition) is 15. The highest BCUT2D eigenvalue weighted by Crippen LogP contribution is 2.47. The van der Waals surface area contributed by atoms with Crippen molar-refractivity contribution < 1.29 is 64.7 Å². The van der Waals surface area contributed by atoms with Gasteiger partial charge >= 0.3 is 12.2 Å². The number of carbonyl (C=O) groups is 8. The molecule has 8 aliphatic rings. The van der Waals surface area contributed by atoms with E-state index in [1.165, 1.54) is 9.80 Å². The van der Waals surface area contributed by atoms with Crippen molar-refractivity contribution in [2.45, 2.75) is 234 Å². The van der Waals surface area contributed by atoms with Crippen LogP contribution in [0.1, 0.15) is 171 Å². The normalized spacial score (nSPS) is 32.6. The van der Waals surface area contributed by atoms with Crippen molar-refractivity contribution >= 4 is 67.7 Å². The van der Waals surface area contributed by atoms with Gasteiger partial charge in [0, 0.05) is 31.0 Å². The highest BCUT2D eigenvalue weighted by molar-refractivity contribution is 7.91. The van der Waals surface area contributed by atoms with Crippen molar-refractivity contribution in [2.24, 2.45) is 23.5 Å². The maximum Gasteiger partial charge on any atom is 0.408 e. The summed E-state index contributed by atoms with van der Waals surface area (Å²) >= 11 is 0. The number of nitrogens with one attached hydrogen (secondary N) is 6. The van der Waals surface area contributed by atoms with E-state index in [2.05, 4.69) is 30.7 Å². The zero-order valence-corrected chi connectivity index (χ0v) is 47.9. The average molecular weight is 1150 g/mol. The van der Waals surface area contributed by atoms with Gasteiger partial charge in [0.15, 0.2) is 0 Å². The lowest BCUT2D eigenvalue weighted by Gasteiger charge is -2.30.